The minimum atomic E-state index is -0.495. The fourth-order valence-corrected chi connectivity index (χ4v) is 2.89. The number of rotatable bonds is 8. The average Bonchev–Trinajstić information content (AvgIpc) is 2.95. The van der Waals surface area contributed by atoms with Gasteiger partial charge in [-0.1, -0.05) is 0 Å². The highest BCUT2D eigenvalue weighted by atomic mass is 16.5. The number of hydrogen-bond acceptors (Lipinski definition) is 6. The van der Waals surface area contributed by atoms with E-state index in [0.717, 1.165) is 25.4 Å². The summed E-state index contributed by atoms with van der Waals surface area (Å²) in [6, 6.07) is 4.07. The molecule has 6 heteroatoms. The molecule has 0 bridgehead atoms. The van der Waals surface area contributed by atoms with Gasteiger partial charge in [-0.05, 0) is 26.0 Å². The average molecular weight is 312 g/mol. The summed E-state index contributed by atoms with van der Waals surface area (Å²) in [7, 11) is 0. The van der Waals surface area contributed by atoms with E-state index < -0.39 is 6.10 Å². The maximum Gasteiger partial charge on any atom is 0.129 e. The first-order chi connectivity index (χ1) is 10.5. The van der Waals surface area contributed by atoms with Crippen LogP contribution in [-0.2, 0) is 11.3 Å². The van der Waals surface area contributed by atoms with Crippen LogP contribution in [-0.4, -0.2) is 77.6 Å². The highest BCUT2D eigenvalue weighted by molar-refractivity contribution is 4.96. The Balaban J connectivity index is 1.64. The normalized spacial score (nSPS) is 23.5. The monoisotopic (exact) mass is 312 g/mol. The molecule has 1 aliphatic heterocycles. The van der Waals surface area contributed by atoms with Crippen molar-refractivity contribution in [1.29, 1.82) is 0 Å². The number of furan rings is 1. The molecule has 1 aromatic heterocycles. The molecule has 0 saturated carbocycles. The smallest absolute Gasteiger partial charge is 0.129 e. The van der Waals surface area contributed by atoms with Crippen molar-refractivity contribution in [3.8, 4) is 0 Å². The predicted octanol–water partition coefficient (Wildman–Crippen LogP) is 0.544. The molecule has 1 saturated heterocycles. The number of hydrogen-bond donors (Lipinski definition) is 2. The molecule has 22 heavy (non-hydrogen) atoms. The van der Waals surface area contributed by atoms with Crippen LogP contribution >= 0.6 is 0 Å². The van der Waals surface area contributed by atoms with E-state index in [2.05, 4.69) is 16.7 Å². The summed E-state index contributed by atoms with van der Waals surface area (Å²) in [6.07, 6.45) is 0.823. The van der Waals surface area contributed by atoms with Crippen LogP contribution in [0.4, 0.5) is 0 Å². The molecule has 0 aliphatic carbocycles. The van der Waals surface area contributed by atoms with Crippen LogP contribution in [0.1, 0.15) is 19.6 Å². The van der Waals surface area contributed by atoms with Crippen molar-refractivity contribution < 1.29 is 19.4 Å². The zero-order chi connectivity index (χ0) is 15.9. The molecule has 2 heterocycles. The Morgan fingerprint density at radius 3 is 2.82 bits per heavy atom. The van der Waals surface area contributed by atoms with Gasteiger partial charge in [-0.25, -0.2) is 0 Å². The molecule has 3 atom stereocenters. The molecular formula is C16H28N2O4. The fraction of sp³-hybridized carbons (Fsp3) is 0.750. The molecule has 126 valence electrons. The van der Waals surface area contributed by atoms with E-state index in [4.69, 9.17) is 9.15 Å². The van der Waals surface area contributed by atoms with Gasteiger partial charge in [0.15, 0.2) is 0 Å². The largest absolute Gasteiger partial charge is 0.467 e. The van der Waals surface area contributed by atoms with Gasteiger partial charge in [-0.3, -0.25) is 9.80 Å². The van der Waals surface area contributed by atoms with Crippen LogP contribution in [0.25, 0.3) is 0 Å². The molecule has 1 aromatic rings. The lowest BCUT2D eigenvalue weighted by atomic mass is 10.1. The summed E-state index contributed by atoms with van der Waals surface area (Å²) < 4.78 is 10.6. The zero-order valence-electron chi connectivity index (χ0n) is 13.5. The Kier molecular flexibility index (Phi) is 6.85. The molecule has 0 spiro atoms. The first-order valence-corrected chi connectivity index (χ1v) is 7.97. The van der Waals surface area contributed by atoms with E-state index in [0.29, 0.717) is 32.3 Å². The van der Waals surface area contributed by atoms with Crippen molar-refractivity contribution in [1.82, 2.24) is 9.80 Å². The summed E-state index contributed by atoms with van der Waals surface area (Å²) in [4.78, 5) is 4.55. The van der Waals surface area contributed by atoms with E-state index >= 15 is 0 Å². The first-order valence-electron chi connectivity index (χ1n) is 7.97. The maximum absolute atomic E-state index is 10.1. The molecule has 0 unspecified atom stereocenters. The molecule has 2 rings (SSSR count). The number of nitrogens with zero attached hydrogens (tertiary/aromatic N) is 2. The lowest BCUT2D eigenvalue weighted by molar-refractivity contribution is -0.0142. The minimum Gasteiger partial charge on any atom is -0.467 e. The first kappa shape index (κ1) is 17.4. The third-order valence-corrected chi connectivity index (χ3v) is 3.95. The Morgan fingerprint density at radius 2 is 2.18 bits per heavy atom. The Morgan fingerprint density at radius 1 is 1.36 bits per heavy atom. The van der Waals surface area contributed by atoms with Gasteiger partial charge in [0.2, 0.25) is 0 Å². The van der Waals surface area contributed by atoms with Gasteiger partial charge < -0.3 is 19.4 Å². The van der Waals surface area contributed by atoms with Crippen LogP contribution in [0, 0.1) is 0 Å². The highest BCUT2D eigenvalue weighted by Gasteiger charge is 2.25. The number of aliphatic hydroxyl groups is 2. The van der Waals surface area contributed by atoms with E-state index in [-0.39, 0.29) is 6.10 Å². The van der Waals surface area contributed by atoms with E-state index in [1.165, 1.54) is 0 Å². The van der Waals surface area contributed by atoms with Crippen molar-refractivity contribution in [2.45, 2.75) is 38.7 Å². The minimum absolute atomic E-state index is 0.297. The molecule has 2 N–H and O–H groups in total. The van der Waals surface area contributed by atoms with Gasteiger partial charge >= 0.3 is 0 Å². The lowest BCUT2D eigenvalue weighted by Gasteiger charge is -2.40. The molecule has 0 aromatic carbocycles. The SMILES string of the molecule is C[C@H](O)CN1CCN(C[C@@H](O)COCc2ccco2)C[C@H]1C. The molecule has 0 radical (unpaired) electrons. The quantitative estimate of drug-likeness (QED) is 0.730. The van der Waals surface area contributed by atoms with Crippen molar-refractivity contribution in [3.05, 3.63) is 24.2 Å². The molecular weight excluding hydrogens is 284 g/mol. The van der Waals surface area contributed by atoms with Crippen molar-refractivity contribution >= 4 is 0 Å². The molecule has 1 aliphatic rings. The van der Waals surface area contributed by atoms with Gasteiger partial charge in [-0.2, -0.15) is 0 Å². The lowest BCUT2D eigenvalue weighted by Crippen LogP contribution is -2.54. The van der Waals surface area contributed by atoms with Crippen LogP contribution in [0.15, 0.2) is 22.8 Å². The number of aliphatic hydroxyl groups excluding tert-OH is 2. The summed E-state index contributed by atoms with van der Waals surface area (Å²) >= 11 is 0. The maximum atomic E-state index is 10.1. The van der Waals surface area contributed by atoms with Crippen molar-refractivity contribution in [2.75, 3.05) is 39.3 Å². The number of β-amino-alcohol motifs (C(OH)–C–C–N with tert-alkyl or cyclic N) is 2. The summed E-state index contributed by atoms with van der Waals surface area (Å²) in [5, 5.41) is 19.6. The third kappa shape index (κ3) is 5.70. The fourth-order valence-electron chi connectivity index (χ4n) is 2.89. The summed E-state index contributed by atoms with van der Waals surface area (Å²) in [5.74, 6) is 0.771. The third-order valence-electron chi connectivity index (χ3n) is 3.95. The summed E-state index contributed by atoms with van der Waals surface area (Å²) in [6.45, 7) is 8.74. The highest BCUT2D eigenvalue weighted by Crippen LogP contribution is 2.11. The number of ether oxygens (including phenoxy) is 1. The van der Waals surface area contributed by atoms with Gasteiger partial charge in [-0.15, -0.1) is 0 Å². The van der Waals surface area contributed by atoms with Crippen LogP contribution in [0.5, 0.6) is 0 Å². The van der Waals surface area contributed by atoms with Crippen LogP contribution in [0.2, 0.25) is 0 Å². The van der Waals surface area contributed by atoms with Crippen LogP contribution in [0.3, 0.4) is 0 Å². The molecule has 0 amide bonds. The number of piperazine rings is 1. The molecule has 6 nitrogen and oxygen atoms in total. The second-order valence-corrected chi connectivity index (χ2v) is 6.20. The van der Waals surface area contributed by atoms with Crippen LogP contribution < -0.4 is 0 Å². The Bertz CT molecular complexity index is 410. The second-order valence-electron chi connectivity index (χ2n) is 6.20. The van der Waals surface area contributed by atoms with Gasteiger partial charge in [0, 0.05) is 38.8 Å². The Hall–Kier alpha value is -0.920. The Labute approximate surface area is 132 Å². The van der Waals surface area contributed by atoms with E-state index in [1.54, 1.807) is 6.26 Å². The molecule has 1 fully saturated rings. The summed E-state index contributed by atoms with van der Waals surface area (Å²) in [5.41, 5.74) is 0. The van der Waals surface area contributed by atoms with Crippen molar-refractivity contribution in [3.63, 3.8) is 0 Å². The standard InChI is InChI=1S/C16H28N2O4/c1-13-8-17(5-6-18(13)9-14(2)19)10-15(20)11-21-12-16-4-3-7-22-16/h3-4,7,13-15,19-20H,5-6,8-12H2,1-2H3/t13-,14+,15-/m1/s1. The van der Waals surface area contributed by atoms with Gasteiger partial charge in [0.25, 0.3) is 0 Å². The predicted molar refractivity (Wildman–Crippen MR) is 83.5 cm³/mol. The van der Waals surface area contributed by atoms with Gasteiger partial charge in [0.1, 0.15) is 12.4 Å². The van der Waals surface area contributed by atoms with E-state index in [9.17, 15) is 10.2 Å². The second kappa shape index (κ2) is 8.64. The topological polar surface area (TPSA) is 69.3 Å². The van der Waals surface area contributed by atoms with Gasteiger partial charge in [0.05, 0.1) is 25.1 Å². The zero-order valence-corrected chi connectivity index (χ0v) is 13.5. The van der Waals surface area contributed by atoms with E-state index in [1.807, 2.05) is 19.1 Å². The van der Waals surface area contributed by atoms with Crippen molar-refractivity contribution in [2.24, 2.45) is 0 Å².